The van der Waals surface area contributed by atoms with Crippen molar-refractivity contribution in [1.29, 1.82) is 0 Å². The normalized spacial score (nSPS) is 16.9. The van der Waals surface area contributed by atoms with Gasteiger partial charge in [0.15, 0.2) is 0 Å². The minimum Gasteiger partial charge on any atom is -0.481 e. The number of anilines is 1. The minimum atomic E-state index is -1.00. The number of aryl methyl sites for hydroxylation is 2. The quantitative estimate of drug-likeness (QED) is 0.279. The lowest BCUT2D eigenvalue weighted by Gasteiger charge is -2.44. The molecule has 0 fully saturated rings. The number of benzene rings is 3. The van der Waals surface area contributed by atoms with E-state index in [1.54, 1.807) is 4.68 Å². The second-order valence-electron chi connectivity index (χ2n) is 10.8. The molecule has 0 amide bonds. The van der Waals surface area contributed by atoms with Crippen molar-refractivity contribution in [2.24, 2.45) is 7.05 Å². The largest absolute Gasteiger partial charge is 0.481 e. The minimum absolute atomic E-state index is 0.0241. The van der Waals surface area contributed by atoms with E-state index in [4.69, 9.17) is 5.11 Å². The van der Waals surface area contributed by atoms with Crippen molar-refractivity contribution in [3.63, 3.8) is 0 Å². The second kappa shape index (κ2) is 10.6. The van der Waals surface area contributed by atoms with Gasteiger partial charge in [-0.3, -0.25) is 9.48 Å². The van der Waals surface area contributed by atoms with E-state index in [1.165, 1.54) is 17.7 Å². The first-order chi connectivity index (χ1) is 18.6. The monoisotopic (exact) mass is 529 g/mol. The van der Waals surface area contributed by atoms with Crippen molar-refractivity contribution < 1.29 is 18.7 Å². The van der Waals surface area contributed by atoms with Gasteiger partial charge in [0.25, 0.3) is 0 Å². The Morgan fingerprint density at radius 2 is 1.74 bits per heavy atom. The van der Waals surface area contributed by atoms with Crippen LogP contribution in [0.3, 0.4) is 0 Å². The van der Waals surface area contributed by atoms with E-state index < -0.39 is 23.6 Å². The van der Waals surface area contributed by atoms with E-state index in [2.05, 4.69) is 49.0 Å². The van der Waals surface area contributed by atoms with Crippen LogP contribution in [0.2, 0.25) is 0 Å². The summed E-state index contributed by atoms with van der Waals surface area (Å²) in [6.45, 7) is 6.35. The maximum atomic E-state index is 15.8. The van der Waals surface area contributed by atoms with Crippen LogP contribution in [0.25, 0.3) is 11.1 Å². The number of aliphatic carboxylic acids is 1. The number of fused-ring (bicyclic) bond motifs is 1. The van der Waals surface area contributed by atoms with Gasteiger partial charge in [-0.05, 0) is 77.8 Å². The molecule has 0 spiro atoms. The zero-order valence-corrected chi connectivity index (χ0v) is 22.7. The Labute approximate surface area is 227 Å². The maximum absolute atomic E-state index is 15.8. The summed E-state index contributed by atoms with van der Waals surface area (Å²) in [5, 5.41) is 13.3. The summed E-state index contributed by atoms with van der Waals surface area (Å²) >= 11 is 0. The Morgan fingerprint density at radius 1 is 1.05 bits per heavy atom. The van der Waals surface area contributed by atoms with Gasteiger partial charge in [0, 0.05) is 37.0 Å². The fraction of sp³-hybridized carbons (Fsp3) is 0.312. The van der Waals surface area contributed by atoms with Crippen LogP contribution in [0, 0.1) is 11.6 Å². The molecule has 4 aromatic rings. The molecule has 202 valence electrons. The van der Waals surface area contributed by atoms with Gasteiger partial charge in [0.2, 0.25) is 0 Å². The third-order valence-electron chi connectivity index (χ3n) is 7.64. The second-order valence-corrected chi connectivity index (χ2v) is 10.8. The van der Waals surface area contributed by atoms with Gasteiger partial charge in [-0.1, -0.05) is 44.2 Å². The molecule has 7 heteroatoms. The summed E-state index contributed by atoms with van der Waals surface area (Å²) in [5.74, 6) is -1.97. The molecule has 3 aromatic carbocycles. The molecule has 1 aromatic heterocycles. The van der Waals surface area contributed by atoms with Crippen molar-refractivity contribution in [3.8, 4) is 11.1 Å². The van der Waals surface area contributed by atoms with Crippen LogP contribution in [0.15, 0.2) is 67.0 Å². The molecule has 2 heterocycles. The highest BCUT2D eigenvalue weighted by Gasteiger charge is 2.37. The number of carboxylic acids is 1. The van der Waals surface area contributed by atoms with Gasteiger partial charge >= 0.3 is 5.97 Å². The zero-order valence-electron chi connectivity index (χ0n) is 22.7. The molecular formula is C32H33F2N3O2. The zero-order chi connectivity index (χ0) is 27.8. The number of carbonyl (C=O) groups is 1. The van der Waals surface area contributed by atoms with Crippen molar-refractivity contribution in [2.75, 3.05) is 4.90 Å². The average Bonchev–Trinajstić information content (AvgIpc) is 3.33. The highest BCUT2D eigenvalue weighted by Crippen LogP contribution is 2.44. The molecule has 0 aliphatic carbocycles. The van der Waals surface area contributed by atoms with Crippen LogP contribution in [-0.4, -0.2) is 26.9 Å². The summed E-state index contributed by atoms with van der Waals surface area (Å²) in [4.78, 5) is 13.1. The summed E-state index contributed by atoms with van der Waals surface area (Å²) in [5.41, 5.74) is 6.28. The van der Waals surface area contributed by atoms with Gasteiger partial charge in [-0.2, -0.15) is 5.10 Å². The number of hydrogen-bond acceptors (Lipinski definition) is 3. The molecule has 0 saturated carbocycles. The molecule has 2 unspecified atom stereocenters. The lowest BCUT2D eigenvalue weighted by atomic mass is 9.82. The maximum Gasteiger partial charge on any atom is 0.303 e. The van der Waals surface area contributed by atoms with E-state index in [9.17, 15) is 4.79 Å². The Balaban J connectivity index is 1.65. The molecule has 1 aliphatic heterocycles. The molecule has 5 nitrogen and oxygen atoms in total. The van der Waals surface area contributed by atoms with Crippen LogP contribution < -0.4 is 4.90 Å². The predicted molar refractivity (Wildman–Crippen MR) is 149 cm³/mol. The van der Waals surface area contributed by atoms with E-state index in [0.717, 1.165) is 27.9 Å². The fourth-order valence-electron chi connectivity index (χ4n) is 5.64. The molecule has 2 atom stereocenters. The average molecular weight is 530 g/mol. The number of rotatable bonds is 7. The molecule has 0 bridgehead atoms. The van der Waals surface area contributed by atoms with Gasteiger partial charge < -0.3 is 10.0 Å². The predicted octanol–water partition coefficient (Wildman–Crippen LogP) is 7.05. The number of nitrogens with zero attached hydrogens (tertiary/aromatic N) is 3. The topological polar surface area (TPSA) is 58.4 Å². The number of carboxylic acid groups (broad SMARTS) is 1. The highest BCUT2D eigenvalue weighted by molar-refractivity contribution is 5.68. The molecule has 5 rings (SSSR count). The van der Waals surface area contributed by atoms with E-state index in [-0.39, 0.29) is 24.4 Å². The number of halogens is 2. The summed E-state index contributed by atoms with van der Waals surface area (Å²) in [6, 6.07) is 16.1. The Kier molecular flexibility index (Phi) is 7.25. The van der Waals surface area contributed by atoms with Gasteiger partial charge in [0.05, 0.1) is 17.8 Å². The van der Waals surface area contributed by atoms with Crippen molar-refractivity contribution >= 4 is 11.7 Å². The lowest BCUT2D eigenvalue weighted by Crippen LogP contribution is -2.43. The highest BCUT2D eigenvalue weighted by atomic mass is 19.1. The lowest BCUT2D eigenvalue weighted by molar-refractivity contribution is -0.136. The molecular weight excluding hydrogens is 496 g/mol. The third kappa shape index (κ3) is 5.31. The smallest absolute Gasteiger partial charge is 0.303 e. The molecule has 0 saturated heterocycles. The number of aromatic nitrogens is 2. The first kappa shape index (κ1) is 26.6. The summed E-state index contributed by atoms with van der Waals surface area (Å²) in [6.07, 6.45) is 4.35. The molecule has 0 radical (unpaired) electrons. The third-order valence-corrected chi connectivity index (χ3v) is 7.64. The van der Waals surface area contributed by atoms with Crippen molar-refractivity contribution in [1.82, 2.24) is 9.78 Å². The molecule has 1 N–H and O–H groups in total. The molecule has 1 aliphatic rings. The van der Waals surface area contributed by atoms with Crippen LogP contribution in [0.4, 0.5) is 14.5 Å². The van der Waals surface area contributed by atoms with Crippen molar-refractivity contribution in [3.05, 3.63) is 106 Å². The number of hydrogen-bond donors (Lipinski definition) is 1. The van der Waals surface area contributed by atoms with E-state index >= 15 is 8.78 Å². The first-order valence-corrected chi connectivity index (χ1v) is 13.3. The van der Waals surface area contributed by atoms with Crippen LogP contribution in [-0.2, 0) is 24.7 Å². The van der Waals surface area contributed by atoms with E-state index in [0.29, 0.717) is 17.9 Å². The summed E-state index contributed by atoms with van der Waals surface area (Å²) < 4.78 is 33.4. The van der Waals surface area contributed by atoms with Crippen LogP contribution in [0.5, 0.6) is 0 Å². The Morgan fingerprint density at radius 3 is 2.33 bits per heavy atom. The van der Waals surface area contributed by atoms with Crippen LogP contribution in [0.1, 0.15) is 67.0 Å². The Hall–Kier alpha value is -4.00. The fourth-order valence-corrected chi connectivity index (χ4v) is 5.64. The SMILES string of the molecule is CC(C)c1ccc(N2C(C)Cc3cc(-c4cnn(C)c4)ccc3C2c2c(F)cc(CCC(=O)O)cc2F)cc1. The van der Waals surface area contributed by atoms with Crippen LogP contribution >= 0.6 is 0 Å². The summed E-state index contributed by atoms with van der Waals surface area (Å²) in [7, 11) is 1.87. The first-order valence-electron chi connectivity index (χ1n) is 13.3. The van der Waals surface area contributed by atoms with E-state index in [1.807, 2.05) is 43.7 Å². The standard InChI is InChI=1S/C32H33F2N3O2/c1-19(2)22-6-9-26(10-7-22)37-20(3)13-24-16-23(25-17-35-36(4)18-25)8-11-27(24)32(37)31-28(33)14-21(15-29(31)34)5-12-30(38)39/h6-11,14-20,32H,5,12-13H2,1-4H3,(H,38,39). The van der Waals surface area contributed by atoms with Crippen molar-refractivity contribution in [2.45, 2.75) is 58.0 Å². The van der Waals surface area contributed by atoms with Gasteiger partial charge in [0.1, 0.15) is 11.6 Å². The Bertz CT molecular complexity index is 1490. The van der Waals surface area contributed by atoms with Gasteiger partial charge in [-0.15, -0.1) is 0 Å². The van der Waals surface area contributed by atoms with Gasteiger partial charge in [-0.25, -0.2) is 8.78 Å². The molecule has 39 heavy (non-hydrogen) atoms.